The highest BCUT2D eigenvalue weighted by Gasteiger charge is 2.36. The third-order valence-electron chi connectivity index (χ3n) is 4.29. The van der Waals surface area contributed by atoms with E-state index in [4.69, 9.17) is 23.2 Å². The molecule has 1 aromatic carbocycles. The summed E-state index contributed by atoms with van der Waals surface area (Å²) in [5, 5.41) is 14.4. The second-order valence-corrected chi connectivity index (χ2v) is 7.24. The number of nitrogens with zero attached hydrogens (tertiary/aromatic N) is 4. The molecule has 7 nitrogen and oxygen atoms in total. The van der Waals surface area contributed by atoms with Crippen LogP contribution in [0.15, 0.2) is 18.2 Å². The maximum absolute atomic E-state index is 12.8. The first-order valence-electron chi connectivity index (χ1n) is 8.26. The van der Waals surface area contributed by atoms with Crippen molar-refractivity contribution < 1.29 is 14.7 Å². The topological polar surface area (TPSA) is 88.3 Å². The molecule has 9 heteroatoms. The van der Waals surface area contributed by atoms with Gasteiger partial charge in [-0.25, -0.2) is 14.5 Å². The molecule has 0 aliphatic carbocycles. The summed E-state index contributed by atoms with van der Waals surface area (Å²) in [6, 6.07) is 4.22. The number of rotatable bonds is 4. The molecule has 1 saturated heterocycles. The molecule has 0 saturated carbocycles. The summed E-state index contributed by atoms with van der Waals surface area (Å²) in [6.07, 6.45) is 1.06. The minimum Gasteiger partial charge on any atom is -0.480 e. The van der Waals surface area contributed by atoms with Gasteiger partial charge in [-0.3, -0.25) is 4.79 Å². The smallest absolute Gasteiger partial charge is 0.326 e. The van der Waals surface area contributed by atoms with Gasteiger partial charge in [0.2, 0.25) is 5.82 Å². The maximum atomic E-state index is 12.8. The monoisotopic (exact) mass is 396 g/mol. The van der Waals surface area contributed by atoms with Crippen molar-refractivity contribution >= 4 is 35.1 Å². The standard InChI is InChI=1S/C17H18Cl2N4O3/c1-9(2)15-20-14(16(24)22-8-4-7-12(22)17(25)26)21-23(15)13-10(18)5-3-6-11(13)19/h3,5-6,9,12H,4,7-8H2,1-2H3,(H,25,26)/t12-/m0/s1. The van der Waals surface area contributed by atoms with Gasteiger partial charge < -0.3 is 10.0 Å². The van der Waals surface area contributed by atoms with Crippen molar-refractivity contribution in [2.75, 3.05) is 6.54 Å². The fourth-order valence-electron chi connectivity index (χ4n) is 3.04. The molecule has 138 valence electrons. The van der Waals surface area contributed by atoms with Crippen LogP contribution in [0.2, 0.25) is 10.0 Å². The van der Waals surface area contributed by atoms with Crippen LogP contribution in [-0.2, 0) is 4.79 Å². The normalized spacial score (nSPS) is 17.1. The lowest BCUT2D eigenvalue weighted by atomic mass is 10.2. The zero-order valence-electron chi connectivity index (χ0n) is 14.3. The molecule has 1 aliphatic rings. The van der Waals surface area contributed by atoms with Gasteiger partial charge in [0, 0.05) is 12.5 Å². The first-order chi connectivity index (χ1) is 12.3. The van der Waals surface area contributed by atoms with E-state index in [0.717, 1.165) is 0 Å². The van der Waals surface area contributed by atoms with E-state index in [1.807, 2.05) is 13.8 Å². The van der Waals surface area contributed by atoms with E-state index in [9.17, 15) is 14.7 Å². The van der Waals surface area contributed by atoms with Gasteiger partial charge in [0.25, 0.3) is 5.91 Å². The average Bonchev–Trinajstić information content (AvgIpc) is 3.21. The number of benzene rings is 1. The van der Waals surface area contributed by atoms with Crippen molar-refractivity contribution in [1.29, 1.82) is 0 Å². The second-order valence-electron chi connectivity index (χ2n) is 6.43. The Morgan fingerprint density at radius 2 is 1.92 bits per heavy atom. The summed E-state index contributed by atoms with van der Waals surface area (Å²) >= 11 is 12.6. The number of halogens is 2. The molecule has 0 spiro atoms. The fourth-order valence-corrected chi connectivity index (χ4v) is 3.60. The van der Waals surface area contributed by atoms with Gasteiger partial charge in [0.05, 0.1) is 10.0 Å². The molecule has 0 bridgehead atoms. The highest BCUT2D eigenvalue weighted by atomic mass is 35.5. The lowest BCUT2D eigenvalue weighted by Gasteiger charge is -2.19. The van der Waals surface area contributed by atoms with Crippen LogP contribution < -0.4 is 0 Å². The molecule has 1 aromatic heterocycles. The molecule has 1 N–H and O–H groups in total. The maximum Gasteiger partial charge on any atom is 0.326 e. The largest absolute Gasteiger partial charge is 0.480 e. The van der Waals surface area contributed by atoms with Crippen LogP contribution in [-0.4, -0.2) is 49.2 Å². The van der Waals surface area contributed by atoms with Crippen LogP contribution in [0.1, 0.15) is 49.1 Å². The predicted octanol–water partition coefficient (Wildman–Crippen LogP) is 3.39. The number of aromatic nitrogens is 3. The second kappa shape index (κ2) is 7.25. The molecule has 2 aromatic rings. The van der Waals surface area contributed by atoms with Crippen molar-refractivity contribution in [3.8, 4) is 5.69 Å². The van der Waals surface area contributed by atoms with Crippen LogP contribution in [0, 0.1) is 0 Å². The first kappa shape index (κ1) is 18.7. The number of hydrogen-bond acceptors (Lipinski definition) is 4. The molecule has 0 unspecified atom stereocenters. The molecular weight excluding hydrogens is 379 g/mol. The number of carboxylic acid groups (broad SMARTS) is 1. The van der Waals surface area contributed by atoms with E-state index < -0.39 is 17.9 Å². The van der Waals surface area contributed by atoms with E-state index in [0.29, 0.717) is 40.9 Å². The Labute approximate surface area is 160 Å². The van der Waals surface area contributed by atoms with Crippen molar-refractivity contribution in [3.63, 3.8) is 0 Å². The van der Waals surface area contributed by atoms with Gasteiger partial charge >= 0.3 is 5.97 Å². The van der Waals surface area contributed by atoms with Crippen LogP contribution in [0.25, 0.3) is 5.69 Å². The van der Waals surface area contributed by atoms with Gasteiger partial charge in [-0.2, -0.15) is 0 Å². The average molecular weight is 397 g/mol. The number of carboxylic acids is 1. The lowest BCUT2D eigenvalue weighted by molar-refractivity contribution is -0.141. The Morgan fingerprint density at radius 3 is 2.50 bits per heavy atom. The van der Waals surface area contributed by atoms with E-state index >= 15 is 0 Å². The highest BCUT2D eigenvalue weighted by Crippen LogP contribution is 2.30. The Kier molecular flexibility index (Phi) is 5.20. The summed E-state index contributed by atoms with van der Waals surface area (Å²) in [5.41, 5.74) is 0.447. The van der Waals surface area contributed by atoms with Gasteiger partial charge in [0.15, 0.2) is 0 Å². The fraction of sp³-hybridized carbons (Fsp3) is 0.412. The van der Waals surface area contributed by atoms with Crippen molar-refractivity contribution in [2.24, 2.45) is 0 Å². The number of para-hydroxylation sites is 1. The minimum absolute atomic E-state index is 0.0507. The molecule has 1 amide bonds. The molecule has 3 rings (SSSR count). The Balaban J connectivity index is 2.06. The number of aliphatic carboxylic acids is 1. The van der Waals surface area contributed by atoms with Gasteiger partial charge in [-0.05, 0) is 25.0 Å². The molecule has 1 fully saturated rings. The lowest BCUT2D eigenvalue weighted by Crippen LogP contribution is -2.40. The summed E-state index contributed by atoms with van der Waals surface area (Å²) < 4.78 is 1.47. The summed E-state index contributed by atoms with van der Waals surface area (Å²) in [7, 11) is 0. The number of carbonyl (C=O) groups is 2. The molecule has 1 aliphatic heterocycles. The van der Waals surface area contributed by atoms with E-state index in [2.05, 4.69) is 10.1 Å². The third kappa shape index (κ3) is 3.29. The minimum atomic E-state index is -1.02. The number of carbonyl (C=O) groups excluding carboxylic acids is 1. The van der Waals surface area contributed by atoms with Crippen molar-refractivity contribution in [1.82, 2.24) is 19.7 Å². The molecule has 0 radical (unpaired) electrons. The molecular formula is C17H18Cl2N4O3. The predicted molar refractivity (Wildman–Crippen MR) is 97.2 cm³/mol. The van der Waals surface area contributed by atoms with Gasteiger partial charge in [0.1, 0.15) is 17.6 Å². The number of amides is 1. The zero-order valence-corrected chi connectivity index (χ0v) is 15.8. The van der Waals surface area contributed by atoms with Crippen molar-refractivity contribution in [2.45, 2.75) is 38.6 Å². The van der Waals surface area contributed by atoms with Crippen LogP contribution in [0.4, 0.5) is 0 Å². The van der Waals surface area contributed by atoms with Gasteiger partial charge in [-0.15, -0.1) is 5.10 Å². The van der Waals surface area contributed by atoms with E-state index in [1.165, 1.54) is 9.58 Å². The summed E-state index contributed by atoms with van der Waals surface area (Å²) in [4.78, 5) is 29.8. The third-order valence-corrected chi connectivity index (χ3v) is 4.90. The van der Waals surface area contributed by atoms with Crippen LogP contribution in [0.3, 0.4) is 0 Å². The quantitative estimate of drug-likeness (QED) is 0.855. The number of likely N-dealkylation sites (tertiary alicyclic amines) is 1. The van der Waals surface area contributed by atoms with Crippen LogP contribution in [0.5, 0.6) is 0 Å². The van der Waals surface area contributed by atoms with Crippen LogP contribution >= 0.6 is 23.2 Å². The first-order valence-corrected chi connectivity index (χ1v) is 9.02. The van der Waals surface area contributed by atoms with E-state index in [-0.39, 0.29) is 11.7 Å². The van der Waals surface area contributed by atoms with E-state index in [1.54, 1.807) is 18.2 Å². The molecule has 2 heterocycles. The number of hydrogen-bond donors (Lipinski definition) is 1. The zero-order chi connectivity index (χ0) is 19.0. The Morgan fingerprint density at radius 1 is 1.27 bits per heavy atom. The Bertz CT molecular complexity index is 845. The Hall–Kier alpha value is -2.12. The summed E-state index contributed by atoms with van der Waals surface area (Å²) in [5.74, 6) is -1.11. The highest BCUT2D eigenvalue weighted by molar-refractivity contribution is 6.37. The molecule has 26 heavy (non-hydrogen) atoms. The molecule has 1 atom stereocenters. The summed E-state index contributed by atoms with van der Waals surface area (Å²) in [6.45, 7) is 4.19. The SMILES string of the molecule is CC(C)c1nc(C(=O)N2CCC[C@H]2C(=O)O)nn1-c1c(Cl)cccc1Cl. The van der Waals surface area contributed by atoms with Crippen molar-refractivity contribution in [3.05, 3.63) is 39.9 Å². The van der Waals surface area contributed by atoms with Gasteiger partial charge in [-0.1, -0.05) is 43.1 Å².